The van der Waals surface area contributed by atoms with E-state index in [9.17, 15) is 4.79 Å². The zero-order chi connectivity index (χ0) is 14.7. The van der Waals surface area contributed by atoms with Crippen molar-refractivity contribution < 1.29 is 4.79 Å². The zero-order valence-electron chi connectivity index (χ0n) is 12.2. The lowest BCUT2D eigenvalue weighted by Crippen LogP contribution is -2.44. The Morgan fingerprint density at radius 1 is 1.35 bits per heavy atom. The Morgan fingerprint density at radius 3 is 2.55 bits per heavy atom. The number of benzene rings is 1. The van der Waals surface area contributed by atoms with Gasteiger partial charge in [0.2, 0.25) is 0 Å². The van der Waals surface area contributed by atoms with Gasteiger partial charge in [0.15, 0.2) is 0 Å². The number of nitrogens with zero attached hydrogens (tertiary/aromatic N) is 1. The second kappa shape index (κ2) is 6.59. The van der Waals surface area contributed by atoms with Crippen molar-refractivity contribution in [2.45, 2.75) is 51.6 Å². The summed E-state index contributed by atoms with van der Waals surface area (Å²) in [5, 5.41) is 0.702. The van der Waals surface area contributed by atoms with Gasteiger partial charge in [0, 0.05) is 29.2 Å². The number of rotatable bonds is 3. The van der Waals surface area contributed by atoms with Gasteiger partial charge in [-0.2, -0.15) is 0 Å². The van der Waals surface area contributed by atoms with Crippen molar-refractivity contribution in [1.82, 2.24) is 4.90 Å². The summed E-state index contributed by atoms with van der Waals surface area (Å²) in [6.07, 6.45) is 4.03. The number of amides is 1. The molecule has 1 aliphatic rings. The molecule has 4 heteroatoms. The van der Waals surface area contributed by atoms with Gasteiger partial charge in [0.25, 0.3) is 5.91 Å². The lowest BCUT2D eigenvalue weighted by atomic mass is 9.90. The predicted molar refractivity (Wildman–Crippen MR) is 83.1 cm³/mol. The Labute approximate surface area is 126 Å². The Bertz CT molecular complexity index is 481. The van der Waals surface area contributed by atoms with E-state index in [1.54, 1.807) is 6.07 Å². The van der Waals surface area contributed by atoms with Gasteiger partial charge >= 0.3 is 0 Å². The van der Waals surface area contributed by atoms with Gasteiger partial charge in [-0.1, -0.05) is 11.6 Å². The molecule has 0 heterocycles. The maximum absolute atomic E-state index is 12.7. The zero-order valence-corrected chi connectivity index (χ0v) is 13.0. The van der Waals surface area contributed by atoms with Gasteiger partial charge < -0.3 is 10.6 Å². The van der Waals surface area contributed by atoms with Crippen molar-refractivity contribution in [3.05, 3.63) is 34.3 Å². The molecule has 1 amide bonds. The summed E-state index contributed by atoms with van der Waals surface area (Å²) >= 11 is 6.02. The Morgan fingerprint density at radius 2 is 2.00 bits per heavy atom. The molecule has 0 unspecified atom stereocenters. The van der Waals surface area contributed by atoms with Gasteiger partial charge in [-0.15, -0.1) is 0 Å². The van der Waals surface area contributed by atoms with Gasteiger partial charge in [0.1, 0.15) is 0 Å². The van der Waals surface area contributed by atoms with Gasteiger partial charge in [0.05, 0.1) is 0 Å². The molecule has 0 saturated heterocycles. The van der Waals surface area contributed by atoms with Crippen LogP contribution in [0.15, 0.2) is 18.2 Å². The molecular formula is C16H23ClN2O. The largest absolute Gasteiger partial charge is 0.336 e. The third kappa shape index (κ3) is 3.33. The van der Waals surface area contributed by atoms with E-state index in [2.05, 4.69) is 0 Å². The third-order valence-electron chi connectivity index (χ3n) is 4.19. The number of aryl methyl sites for hydroxylation is 1. The Kier molecular flexibility index (Phi) is 5.06. The summed E-state index contributed by atoms with van der Waals surface area (Å²) in [5.74, 6) is 0.104. The highest BCUT2D eigenvalue weighted by Crippen LogP contribution is 2.24. The second-order valence-electron chi connectivity index (χ2n) is 5.62. The van der Waals surface area contributed by atoms with E-state index in [1.807, 2.05) is 30.9 Å². The summed E-state index contributed by atoms with van der Waals surface area (Å²) in [4.78, 5) is 14.7. The number of carbonyl (C=O) groups is 1. The lowest BCUT2D eigenvalue weighted by molar-refractivity contribution is 0.0640. The molecule has 0 atom stereocenters. The smallest absolute Gasteiger partial charge is 0.254 e. The second-order valence-corrected chi connectivity index (χ2v) is 6.03. The number of carbonyl (C=O) groups excluding carboxylic acids is 1. The molecule has 0 aromatic heterocycles. The molecule has 2 rings (SSSR count). The van der Waals surface area contributed by atoms with Crippen LogP contribution in [0.4, 0.5) is 0 Å². The van der Waals surface area contributed by atoms with Gasteiger partial charge in [-0.05, 0) is 63.3 Å². The van der Waals surface area contributed by atoms with E-state index in [4.69, 9.17) is 17.3 Å². The van der Waals surface area contributed by atoms with E-state index >= 15 is 0 Å². The quantitative estimate of drug-likeness (QED) is 0.929. The highest BCUT2D eigenvalue weighted by atomic mass is 35.5. The van der Waals surface area contributed by atoms with Crippen molar-refractivity contribution in [1.29, 1.82) is 0 Å². The summed E-state index contributed by atoms with van der Waals surface area (Å²) in [6, 6.07) is 6.12. The number of halogens is 1. The van der Waals surface area contributed by atoms with Crippen LogP contribution >= 0.6 is 11.6 Å². The van der Waals surface area contributed by atoms with E-state index in [0.717, 1.165) is 43.4 Å². The Hall–Kier alpha value is -1.06. The summed E-state index contributed by atoms with van der Waals surface area (Å²) in [6.45, 7) is 4.70. The minimum atomic E-state index is 0.104. The summed E-state index contributed by atoms with van der Waals surface area (Å²) in [7, 11) is 0. The van der Waals surface area contributed by atoms with Crippen molar-refractivity contribution >= 4 is 17.5 Å². The SMILES string of the molecule is CCN(C(=O)c1ccc(Cl)c(C)c1)C1CCC(N)CC1. The minimum Gasteiger partial charge on any atom is -0.336 e. The predicted octanol–water partition coefficient (Wildman–Crippen LogP) is 3.38. The van der Waals surface area contributed by atoms with E-state index in [-0.39, 0.29) is 5.91 Å². The average Bonchev–Trinajstić information content (AvgIpc) is 2.44. The molecule has 2 N–H and O–H groups in total. The molecule has 1 saturated carbocycles. The first-order chi connectivity index (χ1) is 9.52. The highest BCUT2D eigenvalue weighted by Gasteiger charge is 2.27. The van der Waals surface area contributed by atoms with Crippen LogP contribution in [0.5, 0.6) is 0 Å². The molecule has 0 radical (unpaired) electrons. The molecule has 20 heavy (non-hydrogen) atoms. The van der Waals surface area contributed by atoms with Gasteiger partial charge in [-0.3, -0.25) is 4.79 Å². The fraction of sp³-hybridized carbons (Fsp3) is 0.562. The number of hydrogen-bond acceptors (Lipinski definition) is 2. The molecule has 110 valence electrons. The molecule has 0 aliphatic heterocycles. The molecule has 1 aromatic rings. The van der Waals surface area contributed by atoms with Crippen LogP contribution in [0.1, 0.15) is 48.5 Å². The van der Waals surface area contributed by atoms with Crippen LogP contribution in [0.25, 0.3) is 0 Å². The van der Waals surface area contributed by atoms with Crippen molar-refractivity contribution in [3.8, 4) is 0 Å². The molecule has 0 spiro atoms. The van der Waals surface area contributed by atoms with Crippen LogP contribution < -0.4 is 5.73 Å². The fourth-order valence-electron chi connectivity index (χ4n) is 2.92. The number of nitrogens with two attached hydrogens (primary N) is 1. The Balaban J connectivity index is 2.14. The monoisotopic (exact) mass is 294 g/mol. The van der Waals surface area contributed by atoms with E-state index in [1.165, 1.54) is 0 Å². The highest BCUT2D eigenvalue weighted by molar-refractivity contribution is 6.31. The molecule has 1 aliphatic carbocycles. The van der Waals surface area contributed by atoms with Crippen molar-refractivity contribution in [2.24, 2.45) is 5.73 Å². The third-order valence-corrected chi connectivity index (χ3v) is 4.61. The first-order valence-corrected chi connectivity index (χ1v) is 7.73. The van der Waals surface area contributed by atoms with Crippen LogP contribution in [0, 0.1) is 6.92 Å². The normalized spacial score (nSPS) is 22.6. The van der Waals surface area contributed by atoms with Crippen molar-refractivity contribution in [2.75, 3.05) is 6.54 Å². The van der Waals surface area contributed by atoms with E-state index in [0.29, 0.717) is 17.1 Å². The van der Waals surface area contributed by atoms with E-state index < -0.39 is 0 Å². The van der Waals surface area contributed by atoms with Crippen LogP contribution in [-0.2, 0) is 0 Å². The average molecular weight is 295 g/mol. The van der Waals surface area contributed by atoms with Crippen LogP contribution in [0.3, 0.4) is 0 Å². The lowest BCUT2D eigenvalue weighted by Gasteiger charge is -2.35. The maximum atomic E-state index is 12.7. The molecule has 0 bridgehead atoms. The topological polar surface area (TPSA) is 46.3 Å². The molecule has 1 aromatic carbocycles. The van der Waals surface area contributed by atoms with Gasteiger partial charge in [-0.25, -0.2) is 0 Å². The molecule has 3 nitrogen and oxygen atoms in total. The standard InChI is InChI=1S/C16H23ClN2O/c1-3-19(14-7-5-13(18)6-8-14)16(20)12-4-9-15(17)11(2)10-12/h4,9-10,13-14H,3,5-8,18H2,1-2H3. The van der Waals surface area contributed by atoms with Crippen LogP contribution in [0.2, 0.25) is 5.02 Å². The molecule has 1 fully saturated rings. The fourth-order valence-corrected chi connectivity index (χ4v) is 3.04. The maximum Gasteiger partial charge on any atom is 0.254 e. The van der Waals surface area contributed by atoms with Crippen molar-refractivity contribution in [3.63, 3.8) is 0 Å². The number of hydrogen-bond donors (Lipinski definition) is 1. The molecular weight excluding hydrogens is 272 g/mol. The minimum absolute atomic E-state index is 0.104. The summed E-state index contributed by atoms with van der Waals surface area (Å²) in [5.41, 5.74) is 7.61. The first-order valence-electron chi connectivity index (χ1n) is 7.35. The first kappa shape index (κ1) is 15.3. The summed E-state index contributed by atoms with van der Waals surface area (Å²) < 4.78 is 0. The van der Waals surface area contributed by atoms with Crippen LogP contribution in [-0.4, -0.2) is 29.4 Å².